The molecule has 118 valence electrons. The lowest BCUT2D eigenvalue weighted by molar-refractivity contribution is 0.123. The maximum absolute atomic E-state index is 13.8. The molecule has 4 heteroatoms. The van der Waals surface area contributed by atoms with Gasteiger partial charge in [-0.3, -0.25) is 0 Å². The SMILES string of the molecule is OC(C1=CCC(F)(Cl)C=C1)(c1ccccc1)c1ccc(Cl)cc1. The summed E-state index contributed by atoms with van der Waals surface area (Å²) in [6.45, 7) is 0. The summed E-state index contributed by atoms with van der Waals surface area (Å²) in [5, 5.41) is 10.2. The molecule has 0 radical (unpaired) electrons. The first kappa shape index (κ1) is 16.3. The first-order chi connectivity index (χ1) is 10.9. The summed E-state index contributed by atoms with van der Waals surface area (Å²) < 4.78 is 13.8. The van der Waals surface area contributed by atoms with E-state index in [1.54, 1.807) is 30.3 Å². The van der Waals surface area contributed by atoms with E-state index in [-0.39, 0.29) is 6.42 Å². The molecule has 0 spiro atoms. The van der Waals surface area contributed by atoms with Crippen molar-refractivity contribution in [2.24, 2.45) is 0 Å². The van der Waals surface area contributed by atoms with E-state index in [4.69, 9.17) is 23.2 Å². The quantitative estimate of drug-likeness (QED) is 0.739. The van der Waals surface area contributed by atoms with Crippen molar-refractivity contribution in [1.29, 1.82) is 0 Å². The van der Waals surface area contributed by atoms with E-state index in [1.807, 2.05) is 30.3 Å². The lowest BCUT2D eigenvalue weighted by Gasteiger charge is -2.33. The van der Waals surface area contributed by atoms with E-state index in [2.05, 4.69) is 0 Å². The molecule has 3 rings (SSSR count). The zero-order chi connectivity index (χ0) is 16.5. The monoisotopic (exact) mass is 348 g/mol. The molecule has 1 nitrogen and oxygen atoms in total. The molecule has 1 aliphatic carbocycles. The first-order valence-electron chi connectivity index (χ1n) is 7.23. The fourth-order valence-electron chi connectivity index (χ4n) is 2.73. The van der Waals surface area contributed by atoms with Crippen LogP contribution in [0.2, 0.25) is 5.02 Å². The number of benzene rings is 2. The second kappa shape index (κ2) is 6.12. The van der Waals surface area contributed by atoms with Crippen LogP contribution in [0.4, 0.5) is 4.39 Å². The van der Waals surface area contributed by atoms with Gasteiger partial charge in [0.25, 0.3) is 0 Å². The summed E-state index contributed by atoms with van der Waals surface area (Å²) in [7, 11) is 0. The summed E-state index contributed by atoms with van der Waals surface area (Å²) in [5.41, 5.74) is 0.541. The molecule has 2 atom stereocenters. The van der Waals surface area contributed by atoms with Gasteiger partial charge in [0, 0.05) is 11.4 Å². The van der Waals surface area contributed by atoms with Gasteiger partial charge in [0.15, 0.2) is 0 Å². The lowest BCUT2D eigenvalue weighted by Crippen LogP contribution is -2.31. The molecule has 2 aromatic rings. The zero-order valence-corrected chi connectivity index (χ0v) is 13.7. The molecule has 0 saturated carbocycles. The minimum absolute atomic E-state index is 0.00310. The van der Waals surface area contributed by atoms with Gasteiger partial charge >= 0.3 is 0 Å². The standard InChI is InChI=1S/C19H15Cl2FO/c20-17-8-6-15(7-9-17)19(23,14-4-2-1-3-5-14)16-10-12-18(21,22)13-11-16/h1-12,23H,13H2. The second-order valence-electron chi connectivity index (χ2n) is 5.54. The third-order valence-electron chi connectivity index (χ3n) is 3.97. The molecule has 0 saturated heterocycles. The Labute approximate surface area is 144 Å². The van der Waals surface area contributed by atoms with Gasteiger partial charge < -0.3 is 5.11 Å². The van der Waals surface area contributed by atoms with E-state index in [9.17, 15) is 9.50 Å². The highest BCUT2D eigenvalue weighted by Gasteiger charge is 2.37. The Morgan fingerprint density at radius 2 is 1.61 bits per heavy atom. The number of hydrogen-bond acceptors (Lipinski definition) is 1. The Balaban J connectivity index is 2.14. The van der Waals surface area contributed by atoms with Crippen molar-refractivity contribution in [1.82, 2.24) is 0 Å². The predicted octanol–water partition coefficient (Wildman–Crippen LogP) is 5.37. The highest BCUT2D eigenvalue weighted by molar-refractivity contribution is 6.30. The van der Waals surface area contributed by atoms with Crippen LogP contribution in [0.1, 0.15) is 17.5 Å². The van der Waals surface area contributed by atoms with Crippen molar-refractivity contribution in [2.45, 2.75) is 17.1 Å². The van der Waals surface area contributed by atoms with Gasteiger partial charge in [-0.25, -0.2) is 4.39 Å². The average Bonchev–Trinajstić information content (AvgIpc) is 2.55. The van der Waals surface area contributed by atoms with Gasteiger partial charge in [0.05, 0.1) is 0 Å². The molecule has 0 heterocycles. The number of hydrogen-bond donors (Lipinski definition) is 1. The van der Waals surface area contributed by atoms with Crippen LogP contribution in [0.5, 0.6) is 0 Å². The first-order valence-corrected chi connectivity index (χ1v) is 7.99. The summed E-state index contributed by atoms with van der Waals surface area (Å²) >= 11 is 11.7. The molecule has 1 N–H and O–H groups in total. The van der Waals surface area contributed by atoms with Gasteiger partial charge in [-0.2, -0.15) is 0 Å². The minimum atomic E-state index is -1.90. The van der Waals surface area contributed by atoms with Crippen LogP contribution in [-0.2, 0) is 5.60 Å². The van der Waals surface area contributed by atoms with Crippen LogP contribution < -0.4 is 0 Å². The number of aliphatic hydroxyl groups is 1. The maximum atomic E-state index is 13.8. The molecule has 1 aliphatic rings. The summed E-state index contributed by atoms with van der Waals surface area (Å²) in [5.74, 6) is 0. The highest BCUT2D eigenvalue weighted by Crippen LogP contribution is 2.41. The molecule has 0 aliphatic heterocycles. The lowest BCUT2D eigenvalue weighted by atomic mass is 9.78. The Bertz CT molecular complexity index is 751. The third-order valence-corrected chi connectivity index (χ3v) is 4.50. The molecular formula is C19H15Cl2FO. The number of halogens is 3. The van der Waals surface area contributed by atoms with Crippen LogP contribution in [0.3, 0.4) is 0 Å². The van der Waals surface area contributed by atoms with Crippen molar-refractivity contribution in [2.75, 3.05) is 0 Å². The zero-order valence-electron chi connectivity index (χ0n) is 12.2. The molecule has 0 amide bonds. The van der Waals surface area contributed by atoms with E-state index >= 15 is 0 Å². The summed E-state index contributed by atoms with van der Waals surface area (Å²) in [6.07, 6.45) is 4.45. The summed E-state index contributed by atoms with van der Waals surface area (Å²) in [4.78, 5) is 0. The largest absolute Gasteiger partial charge is 0.376 e. The molecule has 0 bridgehead atoms. The average molecular weight is 349 g/mol. The second-order valence-corrected chi connectivity index (χ2v) is 6.61. The van der Waals surface area contributed by atoms with Crippen LogP contribution in [0.25, 0.3) is 0 Å². The molecule has 2 aromatic carbocycles. The van der Waals surface area contributed by atoms with E-state index in [0.29, 0.717) is 21.7 Å². The topological polar surface area (TPSA) is 20.2 Å². The minimum Gasteiger partial charge on any atom is -0.376 e. The fourth-order valence-corrected chi connectivity index (χ4v) is 3.00. The van der Waals surface area contributed by atoms with Crippen molar-refractivity contribution < 1.29 is 9.50 Å². The van der Waals surface area contributed by atoms with Gasteiger partial charge in [-0.1, -0.05) is 77.8 Å². The maximum Gasteiger partial charge on any atom is 0.205 e. The Kier molecular flexibility index (Phi) is 4.33. The van der Waals surface area contributed by atoms with Gasteiger partial charge in [-0.05, 0) is 34.9 Å². The third kappa shape index (κ3) is 3.20. The van der Waals surface area contributed by atoms with E-state index in [1.165, 1.54) is 12.2 Å². The van der Waals surface area contributed by atoms with Crippen molar-refractivity contribution >= 4 is 23.2 Å². The van der Waals surface area contributed by atoms with E-state index in [0.717, 1.165) is 0 Å². The molecular weight excluding hydrogens is 334 g/mol. The Morgan fingerprint density at radius 3 is 2.17 bits per heavy atom. The van der Waals surface area contributed by atoms with Gasteiger partial charge in [0.2, 0.25) is 5.13 Å². The van der Waals surface area contributed by atoms with Gasteiger partial charge in [-0.15, -0.1) is 0 Å². The Hall–Kier alpha value is -1.61. The summed E-state index contributed by atoms with van der Waals surface area (Å²) in [6, 6.07) is 16.2. The van der Waals surface area contributed by atoms with E-state index < -0.39 is 10.7 Å². The molecule has 0 fully saturated rings. The molecule has 23 heavy (non-hydrogen) atoms. The van der Waals surface area contributed by atoms with Crippen LogP contribution in [-0.4, -0.2) is 10.2 Å². The number of alkyl halides is 2. The smallest absolute Gasteiger partial charge is 0.205 e. The fraction of sp³-hybridized carbons (Fsp3) is 0.158. The predicted molar refractivity (Wildman–Crippen MR) is 92.4 cm³/mol. The van der Waals surface area contributed by atoms with Crippen molar-refractivity contribution in [3.63, 3.8) is 0 Å². The molecule has 0 aromatic heterocycles. The number of allylic oxidation sites excluding steroid dienone is 2. The number of rotatable bonds is 3. The normalized spacial score (nSPS) is 23.2. The van der Waals surface area contributed by atoms with Crippen molar-refractivity contribution in [3.05, 3.63) is 94.5 Å². The van der Waals surface area contributed by atoms with Crippen LogP contribution in [0, 0.1) is 0 Å². The van der Waals surface area contributed by atoms with Crippen molar-refractivity contribution in [3.8, 4) is 0 Å². The van der Waals surface area contributed by atoms with Crippen LogP contribution in [0.15, 0.2) is 78.4 Å². The molecule has 2 unspecified atom stereocenters. The van der Waals surface area contributed by atoms with Crippen LogP contribution >= 0.6 is 23.2 Å². The Morgan fingerprint density at radius 1 is 1.00 bits per heavy atom. The highest BCUT2D eigenvalue weighted by atomic mass is 35.5. The van der Waals surface area contributed by atoms with Gasteiger partial charge in [0.1, 0.15) is 5.60 Å².